The number of aromatic nitrogens is 1. The van der Waals surface area contributed by atoms with Crippen LogP contribution < -0.4 is 5.32 Å². The average Bonchev–Trinajstić information content (AvgIpc) is 2.85. The molecule has 0 saturated heterocycles. The van der Waals surface area contributed by atoms with Crippen LogP contribution in [0.5, 0.6) is 0 Å². The normalized spacial score (nSPS) is 22.3. The van der Waals surface area contributed by atoms with Crippen LogP contribution in [0.25, 0.3) is 0 Å². The zero-order valence-corrected chi connectivity index (χ0v) is 13.1. The molecule has 5 heteroatoms. The zero-order valence-electron chi connectivity index (χ0n) is 11.4. The van der Waals surface area contributed by atoms with Gasteiger partial charge < -0.3 is 5.32 Å². The van der Waals surface area contributed by atoms with E-state index in [1.54, 1.807) is 11.3 Å². The molecule has 1 saturated carbocycles. The fraction of sp³-hybridized carbons (Fsp3) is 0.714. The fourth-order valence-electron chi connectivity index (χ4n) is 2.90. The monoisotopic (exact) mass is 295 g/mol. The lowest BCUT2D eigenvalue weighted by Gasteiger charge is -2.38. The number of nitrogens with one attached hydrogen (secondary N) is 1. The maximum Gasteiger partial charge on any atom is 0.156 e. The van der Waals surface area contributed by atoms with Gasteiger partial charge in [-0.25, -0.2) is 4.98 Å². The third-order valence-corrected chi connectivity index (χ3v) is 6.32. The van der Waals surface area contributed by atoms with E-state index in [1.807, 2.05) is 18.7 Å². The van der Waals surface area contributed by atoms with Crippen molar-refractivity contribution < 1.29 is 0 Å². The van der Waals surface area contributed by atoms with Gasteiger partial charge in [0.1, 0.15) is 5.01 Å². The highest BCUT2D eigenvalue weighted by Crippen LogP contribution is 2.41. The lowest BCUT2D eigenvalue weighted by molar-refractivity contribution is 0.232. The van der Waals surface area contributed by atoms with Gasteiger partial charge in [0.25, 0.3) is 0 Å². The van der Waals surface area contributed by atoms with E-state index in [1.165, 1.54) is 37.9 Å². The molecule has 0 aromatic carbocycles. The van der Waals surface area contributed by atoms with Gasteiger partial charge in [-0.3, -0.25) is 4.99 Å². The number of hydrogen-bond donors (Lipinski definition) is 1. The first-order valence-electron chi connectivity index (χ1n) is 7.08. The molecule has 1 aromatic rings. The Bertz CT molecular complexity index is 461. The second-order valence-electron chi connectivity index (χ2n) is 5.71. The van der Waals surface area contributed by atoms with Crippen LogP contribution in [0.3, 0.4) is 0 Å². The van der Waals surface area contributed by atoms with Crippen LogP contribution >= 0.6 is 23.1 Å². The summed E-state index contributed by atoms with van der Waals surface area (Å²) in [5, 5.41) is 7.80. The number of amidine groups is 1. The van der Waals surface area contributed by atoms with Gasteiger partial charge in [-0.15, -0.1) is 11.3 Å². The largest absolute Gasteiger partial charge is 0.358 e. The van der Waals surface area contributed by atoms with E-state index >= 15 is 0 Å². The van der Waals surface area contributed by atoms with Crippen molar-refractivity contribution in [2.24, 2.45) is 10.4 Å². The number of rotatable bonds is 2. The van der Waals surface area contributed by atoms with Crippen molar-refractivity contribution >= 4 is 28.3 Å². The summed E-state index contributed by atoms with van der Waals surface area (Å²) in [6, 6.07) is 0. The van der Waals surface area contributed by atoms with E-state index in [9.17, 15) is 0 Å². The van der Waals surface area contributed by atoms with Crippen LogP contribution in [0.2, 0.25) is 0 Å². The van der Waals surface area contributed by atoms with Gasteiger partial charge in [0.15, 0.2) is 5.17 Å². The smallest absolute Gasteiger partial charge is 0.156 e. The number of aliphatic imine (C=N–C) groups is 1. The Morgan fingerprint density at radius 2 is 2.16 bits per heavy atom. The van der Waals surface area contributed by atoms with Crippen molar-refractivity contribution in [2.45, 2.75) is 45.6 Å². The molecule has 3 nitrogen and oxygen atoms in total. The first kappa shape index (κ1) is 13.4. The highest BCUT2D eigenvalue weighted by molar-refractivity contribution is 8.13. The molecule has 104 valence electrons. The first-order valence-corrected chi connectivity index (χ1v) is 8.94. The van der Waals surface area contributed by atoms with Crippen LogP contribution in [0, 0.1) is 12.3 Å². The lowest BCUT2D eigenvalue weighted by Crippen LogP contribution is -2.36. The summed E-state index contributed by atoms with van der Waals surface area (Å²) >= 11 is 3.63. The van der Waals surface area contributed by atoms with E-state index < -0.39 is 0 Å². The molecule has 0 atom stereocenters. The molecule has 1 aliphatic heterocycles. The molecule has 1 N–H and O–H groups in total. The van der Waals surface area contributed by atoms with Crippen molar-refractivity contribution in [2.75, 3.05) is 12.3 Å². The number of hydrogen-bond acceptors (Lipinski definition) is 5. The molecule has 19 heavy (non-hydrogen) atoms. The topological polar surface area (TPSA) is 37.3 Å². The molecule has 2 aliphatic rings. The summed E-state index contributed by atoms with van der Waals surface area (Å²) in [7, 11) is 0. The highest BCUT2D eigenvalue weighted by atomic mass is 32.2. The maximum absolute atomic E-state index is 4.77. The Morgan fingerprint density at radius 3 is 2.79 bits per heavy atom. The molecular formula is C14H21N3S2. The van der Waals surface area contributed by atoms with E-state index in [0.29, 0.717) is 5.41 Å². The Labute approximate surface area is 123 Å². The van der Waals surface area contributed by atoms with Crippen LogP contribution in [0.4, 0.5) is 0 Å². The predicted octanol–water partition coefficient (Wildman–Crippen LogP) is 3.59. The minimum atomic E-state index is 0.520. The van der Waals surface area contributed by atoms with E-state index in [4.69, 9.17) is 4.99 Å². The standard InChI is InChI=1S/C14H21N3S2/c1-11-8-18-12(17-11)7-15-13-16-9-14(10-19-13)5-3-2-4-6-14/h8H,2-7,9-10H2,1H3,(H,15,16). The summed E-state index contributed by atoms with van der Waals surface area (Å²) in [4.78, 5) is 9.24. The van der Waals surface area contributed by atoms with Gasteiger partial charge in [-0.2, -0.15) is 0 Å². The van der Waals surface area contributed by atoms with Crippen molar-refractivity contribution in [3.63, 3.8) is 0 Å². The van der Waals surface area contributed by atoms with Crippen LogP contribution in [0.1, 0.15) is 42.8 Å². The van der Waals surface area contributed by atoms with Crippen molar-refractivity contribution in [1.29, 1.82) is 0 Å². The summed E-state index contributed by atoms with van der Waals surface area (Å²) in [6.07, 6.45) is 6.98. The number of aryl methyl sites for hydroxylation is 1. The highest BCUT2D eigenvalue weighted by Gasteiger charge is 2.34. The maximum atomic E-state index is 4.77. The molecule has 0 radical (unpaired) electrons. The Kier molecular flexibility index (Phi) is 4.12. The Balaban J connectivity index is 1.53. The average molecular weight is 295 g/mol. The van der Waals surface area contributed by atoms with Gasteiger partial charge in [-0.1, -0.05) is 31.0 Å². The second kappa shape index (κ2) is 5.83. The molecule has 1 fully saturated rings. The molecule has 1 aromatic heterocycles. The Hall–Kier alpha value is -0.550. The predicted molar refractivity (Wildman–Crippen MR) is 84.0 cm³/mol. The minimum Gasteiger partial charge on any atom is -0.358 e. The summed E-state index contributed by atoms with van der Waals surface area (Å²) in [6.45, 7) is 3.89. The summed E-state index contributed by atoms with van der Waals surface area (Å²) < 4.78 is 0. The molecule has 1 aliphatic carbocycles. The molecular weight excluding hydrogens is 274 g/mol. The Morgan fingerprint density at radius 1 is 1.32 bits per heavy atom. The molecule has 0 bridgehead atoms. The van der Waals surface area contributed by atoms with E-state index in [2.05, 4.69) is 15.7 Å². The first-order chi connectivity index (χ1) is 9.26. The minimum absolute atomic E-state index is 0.520. The molecule has 3 rings (SSSR count). The van der Waals surface area contributed by atoms with Crippen LogP contribution in [0.15, 0.2) is 10.4 Å². The molecule has 0 amide bonds. The van der Waals surface area contributed by atoms with E-state index in [-0.39, 0.29) is 0 Å². The van der Waals surface area contributed by atoms with Gasteiger partial charge in [0.05, 0.1) is 6.54 Å². The lowest BCUT2D eigenvalue weighted by atomic mass is 9.75. The SMILES string of the molecule is Cc1csc(CNC2=NCC3(CCCCC3)CS2)n1. The number of thioether (sulfide) groups is 1. The third-order valence-electron chi connectivity index (χ3n) is 4.04. The van der Waals surface area contributed by atoms with Gasteiger partial charge in [0.2, 0.25) is 0 Å². The summed E-state index contributed by atoms with van der Waals surface area (Å²) in [5.41, 5.74) is 1.63. The van der Waals surface area contributed by atoms with Crippen molar-refractivity contribution in [3.05, 3.63) is 16.1 Å². The summed E-state index contributed by atoms with van der Waals surface area (Å²) in [5.74, 6) is 1.25. The number of thiazole rings is 1. The van der Waals surface area contributed by atoms with Gasteiger partial charge in [-0.05, 0) is 25.2 Å². The molecule has 0 unspecified atom stereocenters. The number of nitrogens with zero attached hydrogens (tertiary/aromatic N) is 2. The van der Waals surface area contributed by atoms with Crippen molar-refractivity contribution in [3.8, 4) is 0 Å². The third kappa shape index (κ3) is 3.31. The zero-order chi connectivity index (χ0) is 13.1. The van der Waals surface area contributed by atoms with Crippen molar-refractivity contribution in [1.82, 2.24) is 10.3 Å². The fourth-order valence-corrected chi connectivity index (χ4v) is 4.76. The van der Waals surface area contributed by atoms with Crippen LogP contribution in [-0.2, 0) is 6.54 Å². The second-order valence-corrected chi connectivity index (χ2v) is 7.61. The van der Waals surface area contributed by atoms with Crippen LogP contribution in [-0.4, -0.2) is 22.4 Å². The van der Waals surface area contributed by atoms with Gasteiger partial charge in [0, 0.05) is 23.4 Å². The van der Waals surface area contributed by atoms with E-state index in [0.717, 1.165) is 29.0 Å². The molecule has 2 heterocycles. The quantitative estimate of drug-likeness (QED) is 0.906. The molecule has 1 spiro atoms. The van der Waals surface area contributed by atoms with Gasteiger partial charge >= 0.3 is 0 Å².